The third-order valence-electron chi connectivity index (χ3n) is 9.42. The molecule has 44 heavy (non-hydrogen) atoms. The van der Waals surface area contributed by atoms with E-state index in [9.17, 15) is 13.7 Å². The van der Waals surface area contributed by atoms with Gasteiger partial charge in [-0.1, -0.05) is 43.3 Å². The van der Waals surface area contributed by atoms with Crippen molar-refractivity contribution in [3.63, 3.8) is 0 Å². The van der Waals surface area contributed by atoms with Gasteiger partial charge < -0.3 is 19.4 Å². The summed E-state index contributed by atoms with van der Waals surface area (Å²) in [6, 6.07) is 15.5. The van der Waals surface area contributed by atoms with Crippen LogP contribution in [0.15, 0.2) is 48.4 Å². The van der Waals surface area contributed by atoms with E-state index >= 15 is 0 Å². The van der Waals surface area contributed by atoms with Gasteiger partial charge in [0.1, 0.15) is 12.4 Å². The van der Waals surface area contributed by atoms with Crippen LogP contribution in [0, 0.1) is 18.3 Å². The Hall–Kier alpha value is -3.72. The quantitative estimate of drug-likeness (QED) is 0.331. The van der Waals surface area contributed by atoms with Gasteiger partial charge in [0.25, 0.3) is 0 Å². The summed E-state index contributed by atoms with van der Waals surface area (Å²) in [4.78, 5) is 16.7. The van der Waals surface area contributed by atoms with Crippen molar-refractivity contribution in [2.75, 3.05) is 56.2 Å². The minimum absolute atomic E-state index is 0.0852. The van der Waals surface area contributed by atoms with Crippen LogP contribution in [-0.2, 0) is 23.0 Å². The maximum Gasteiger partial charge on any atom is 0.318 e. The fourth-order valence-corrected chi connectivity index (χ4v) is 7.80. The molecule has 2 aromatic carbocycles. The molecule has 232 valence electrons. The summed E-state index contributed by atoms with van der Waals surface area (Å²) >= 11 is 0. The van der Waals surface area contributed by atoms with Gasteiger partial charge in [-0.05, 0) is 50.2 Å². The van der Waals surface area contributed by atoms with Gasteiger partial charge in [0.05, 0.1) is 30.8 Å². The highest BCUT2D eigenvalue weighted by atomic mass is 32.2. The number of aromatic nitrogens is 2. The fourth-order valence-electron chi connectivity index (χ4n) is 6.71. The molecule has 1 aromatic heterocycles. The van der Waals surface area contributed by atoms with Gasteiger partial charge in [0, 0.05) is 60.8 Å². The first-order valence-corrected chi connectivity index (χ1v) is 17.0. The second-order valence-electron chi connectivity index (χ2n) is 12.1. The first-order valence-electron chi connectivity index (χ1n) is 15.5. The Kier molecular flexibility index (Phi) is 8.76. The number of rotatable bonds is 10. The smallest absolute Gasteiger partial charge is 0.318 e. The van der Waals surface area contributed by atoms with Gasteiger partial charge in [-0.25, -0.2) is 8.42 Å². The lowest BCUT2D eigenvalue weighted by molar-refractivity contribution is 0.132. The van der Waals surface area contributed by atoms with Crippen LogP contribution in [0.4, 0.5) is 11.5 Å². The van der Waals surface area contributed by atoms with E-state index in [0.29, 0.717) is 38.3 Å². The molecule has 0 N–H and O–H groups in total. The molecule has 2 fully saturated rings. The lowest BCUT2D eigenvalue weighted by atomic mass is 9.92. The Morgan fingerprint density at radius 1 is 1.14 bits per heavy atom. The number of benzene rings is 2. The van der Waals surface area contributed by atoms with Crippen LogP contribution < -0.4 is 14.5 Å². The molecule has 10 nitrogen and oxygen atoms in total. The molecule has 6 rings (SSSR count). The Balaban J connectivity index is 1.31. The first-order chi connectivity index (χ1) is 21.3. The Labute approximate surface area is 260 Å². The topological polar surface area (TPSA) is 106 Å². The summed E-state index contributed by atoms with van der Waals surface area (Å²) in [5, 5.41) is 13.0. The minimum Gasteiger partial charge on any atom is -0.462 e. The number of likely N-dealkylation sites (N-methyl/N-ethyl adjacent to an activating group) is 1. The third kappa shape index (κ3) is 5.99. The molecular formula is C33H41N7O3S. The summed E-state index contributed by atoms with van der Waals surface area (Å²) in [5.41, 5.74) is 4.41. The molecule has 1 aliphatic carbocycles. The van der Waals surface area contributed by atoms with Crippen LogP contribution in [0.25, 0.3) is 10.8 Å². The number of hydrogen-bond donors (Lipinski definition) is 0. The SMILES string of the molecule is C=CS(=O)(=O)N1CCN(c2nc(OCCN(C)C3CCC3)nc3c2CCN(c2cccc4cccc(C)c24)C3)C[C@@H]1CC#N. The molecule has 3 aliphatic rings. The van der Waals surface area contributed by atoms with Crippen molar-refractivity contribution in [1.82, 2.24) is 19.2 Å². The van der Waals surface area contributed by atoms with E-state index in [-0.39, 0.29) is 13.0 Å². The van der Waals surface area contributed by atoms with Crippen molar-refractivity contribution >= 4 is 32.3 Å². The van der Waals surface area contributed by atoms with Crippen LogP contribution >= 0.6 is 0 Å². The number of sulfonamides is 1. The highest BCUT2D eigenvalue weighted by Gasteiger charge is 2.36. The average molecular weight is 616 g/mol. The number of hydrogen-bond acceptors (Lipinski definition) is 9. The normalized spacial score (nSPS) is 19.5. The average Bonchev–Trinajstić information content (AvgIpc) is 2.99. The van der Waals surface area contributed by atoms with Gasteiger partial charge in [0.15, 0.2) is 0 Å². The highest BCUT2D eigenvalue weighted by molar-refractivity contribution is 7.92. The number of piperazine rings is 1. The van der Waals surface area contributed by atoms with Crippen molar-refractivity contribution in [2.24, 2.45) is 0 Å². The second-order valence-corrected chi connectivity index (χ2v) is 13.9. The van der Waals surface area contributed by atoms with E-state index in [0.717, 1.165) is 42.0 Å². The van der Waals surface area contributed by atoms with Crippen molar-refractivity contribution in [1.29, 1.82) is 5.26 Å². The van der Waals surface area contributed by atoms with Gasteiger partial charge in [0.2, 0.25) is 10.0 Å². The molecule has 0 amide bonds. The standard InChI is InChI=1S/C33H41N7O3S/c1-4-44(41,42)40-19-18-39(22-27(40)14-16-34)32-28-15-17-38(30-13-6-10-25-9-5-8-24(2)31(25)30)23-29(28)35-33(36-32)43-21-20-37(3)26-11-7-12-26/h4-6,8-10,13,26-27H,1,7,11-12,14-15,17-23H2,2-3H3/t27-/m0/s1. The molecule has 3 heterocycles. The van der Waals surface area contributed by atoms with E-state index in [1.54, 1.807) is 0 Å². The van der Waals surface area contributed by atoms with Crippen LogP contribution in [-0.4, -0.2) is 86.1 Å². The third-order valence-corrected chi connectivity index (χ3v) is 11.0. The molecule has 1 saturated carbocycles. The number of anilines is 2. The molecule has 11 heteroatoms. The van der Waals surface area contributed by atoms with Crippen molar-refractivity contribution in [3.05, 3.63) is 65.2 Å². The molecular weight excluding hydrogens is 574 g/mol. The molecule has 0 bridgehead atoms. The molecule has 2 aliphatic heterocycles. The highest BCUT2D eigenvalue weighted by Crippen LogP contribution is 2.36. The van der Waals surface area contributed by atoms with Gasteiger partial charge >= 0.3 is 6.01 Å². The first kappa shape index (κ1) is 30.3. The molecule has 0 radical (unpaired) electrons. The Morgan fingerprint density at radius 2 is 1.93 bits per heavy atom. The van der Waals surface area contributed by atoms with Crippen molar-refractivity contribution < 1.29 is 13.2 Å². The number of nitrogens with zero attached hydrogens (tertiary/aromatic N) is 7. The second kappa shape index (κ2) is 12.7. The van der Waals surface area contributed by atoms with Crippen LogP contribution in [0.2, 0.25) is 0 Å². The van der Waals surface area contributed by atoms with Gasteiger partial charge in [-0.3, -0.25) is 0 Å². The summed E-state index contributed by atoms with van der Waals surface area (Å²) in [5.74, 6) is 0.782. The van der Waals surface area contributed by atoms with Crippen LogP contribution in [0.3, 0.4) is 0 Å². The molecule has 0 unspecified atom stereocenters. The zero-order valence-electron chi connectivity index (χ0n) is 25.7. The zero-order valence-corrected chi connectivity index (χ0v) is 26.5. The van der Waals surface area contributed by atoms with E-state index in [1.165, 1.54) is 45.6 Å². The number of ether oxygens (including phenoxy) is 1. The fraction of sp³-hybridized carbons (Fsp3) is 0.485. The van der Waals surface area contributed by atoms with E-state index in [1.807, 2.05) is 0 Å². The van der Waals surface area contributed by atoms with Crippen LogP contribution in [0.1, 0.15) is 42.5 Å². The molecule has 1 atom stereocenters. The van der Waals surface area contributed by atoms with E-state index in [2.05, 4.69) is 77.7 Å². The lowest BCUT2D eigenvalue weighted by Crippen LogP contribution is -2.55. The Bertz CT molecular complexity index is 1680. The lowest BCUT2D eigenvalue weighted by Gasteiger charge is -2.41. The maximum absolute atomic E-state index is 12.7. The van der Waals surface area contributed by atoms with Gasteiger partial charge in [-0.2, -0.15) is 19.5 Å². The largest absolute Gasteiger partial charge is 0.462 e. The maximum atomic E-state index is 12.7. The molecule has 1 saturated heterocycles. The predicted octanol–water partition coefficient (Wildman–Crippen LogP) is 4.24. The number of aryl methyl sites for hydroxylation is 1. The summed E-state index contributed by atoms with van der Waals surface area (Å²) in [6.45, 7) is 9.41. The van der Waals surface area contributed by atoms with E-state index < -0.39 is 16.1 Å². The van der Waals surface area contributed by atoms with Gasteiger partial charge in [-0.15, -0.1) is 0 Å². The molecule has 3 aromatic rings. The Morgan fingerprint density at radius 3 is 2.66 bits per heavy atom. The number of fused-ring (bicyclic) bond motifs is 2. The summed E-state index contributed by atoms with van der Waals surface area (Å²) < 4.78 is 33.1. The molecule has 0 spiro atoms. The van der Waals surface area contributed by atoms with E-state index in [4.69, 9.17) is 14.7 Å². The predicted molar refractivity (Wildman–Crippen MR) is 173 cm³/mol. The number of nitriles is 1. The minimum atomic E-state index is -3.66. The van der Waals surface area contributed by atoms with Crippen LogP contribution in [0.5, 0.6) is 6.01 Å². The monoisotopic (exact) mass is 615 g/mol. The zero-order chi connectivity index (χ0) is 30.8. The summed E-state index contributed by atoms with van der Waals surface area (Å²) in [6.07, 6.45) is 4.58. The summed E-state index contributed by atoms with van der Waals surface area (Å²) in [7, 11) is -1.52. The van der Waals surface area contributed by atoms with Crippen molar-refractivity contribution in [2.45, 2.75) is 57.7 Å². The van der Waals surface area contributed by atoms with Crippen molar-refractivity contribution in [3.8, 4) is 12.1 Å².